The maximum Gasteiger partial charge on any atom is 0.289 e. The van der Waals surface area contributed by atoms with Gasteiger partial charge in [-0.15, -0.1) is 12.4 Å². The summed E-state index contributed by atoms with van der Waals surface area (Å²) in [5, 5.41) is 3.44. The van der Waals surface area contributed by atoms with Crippen LogP contribution in [0.15, 0.2) is 40.8 Å². The zero-order valence-corrected chi connectivity index (χ0v) is 14.8. The molecule has 1 aromatic carbocycles. The Kier molecular flexibility index (Phi) is 5.16. The average molecular weight is 365 g/mol. The number of carbonyl (C=O) groups is 1. The second kappa shape index (κ2) is 7.18. The predicted octanol–water partition coefficient (Wildman–Crippen LogP) is 3.72. The first-order valence-corrected chi connectivity index (χ1v) is 8.51. The Hall–Kier alpha value is -1.85. The minimum atomic E-state index is -0.287. The van der Waals surface area contributed by atoms with E-state index in [0.29, 0.717) is 16.9 Å². The molecule has 1 N–H and O–H groups in total. The van der Waals surface area contributed by atoms with E-state index in [1.807, 2.05) is 4.90 Å². The highest BCUT2D eigenvalue weighted by atomic mass is 35.5. The molecule has 134 valence electrons. The fraction of sp³-hybridized carbons (Fsp3) is 0.421. The Balaban J connectivity index is 0.00000182. The van der Waals surface area contributed by atoms with Crippen LogP contribution in [0.1, 0.15) is 29.8 Å². The van der Waals surface area contributed by atoms with Gasteiger partial charge in [0.25, 0.3) is 5.91 Å². The molecule has 0 aliphatic carbocycles. The predicted molar refractivity (Wildman–Crippen MR) is 96.4 cm³/mol. The monoisotopic (exact) mass is 364 g/mol. The molecule has 2 saturated heterocycles. The maximum absolute atomic E-state index is 13.0. The van der Waals surface area contributed by atoms with Gasteiger partial charge in [-0.2, -0.15) is 0 Å². The molecule has 2 fully saturated rings. The van der Waals surface area contributed by atoms with Crippen LogP contribution in [-0.2, 0) is 0 Å². The van der Waals surface area contributed by atoms with Crippen molar-refractivity contribution in [3.05, 3.63) is 48.0 Å². The number of nitrogens with one attached hydrogen (secondary N) is 1. The normalized spacial score (nSPS) is 19.0. The molecule has 0 radical (unpaired) electrons. The minimum Gasteiger partial charge on any atom is -0.451 e. The Bertz CT molecular complexity index is 728. The molecule has 2 aliphatic rings. The van der Waals surface area contributed by atoms with Gasteiger partial charge in [0.2, 0.25) is 0 Å². The van der Waals surface area contributed by atoms with E-state index in [-0.39, 0.29) is 24.1 Å². The number of nitrogens with zero attached hydrogens (tertiary/aromatic N) is 1. The molecule has 1 spiro atoms. The van der Waals surface area contributed by atoms with Crippen LogP contribution in [0.2, 0.25) is 0 Å². The Morgan fingerprint density at radius 3 is 2.44 bits per heavy atom. The molecule has 6 heteroatoms. The van der Waals surface area contributed by atoms with Gasteiger partial charge in [-0.25, -0.2) is 4.39 Å². The van der Waals surface area contributed by atoms with E-state index in [1.165, 1.54) is 18.6 Å². The SMILES string of the molecule is Cl.O=C(c1ccc(-c2ccc(F)cc2)o1)N1CCC2(CCNC2)CC1. The Labute approximate surface area is 152 Å². The van der Waals surface area contributed by atoms with E-state index in [9.17, 15) is 9.18 Å². The molecule has 3 heterocycles. The van der Waals surface area contributed by atoms with Gasteiger partial charge in [0.05, 0.1) is 0 Å². The summed E-state index contributed by atoms with van der Waals surface area (Å²) in [6, 6.07) is 9.56. The molecule has 1 amide bonds. The number of halogens is 2. The average Bonchev–Trinajstić information content (AvgIpc) is 3.26. The van der Waals surface area contributed by atoms with Crippen molar-refractivity contribution >= 4 is 18.3 Å². The number of benzene rings is 1. The van der Waals surface area contributed by atoms with E-state index in [2.05, 4.69) is 5.32 Å². The molecule has 0 atom stereocenters. The molecule has 0 saturated carbocycles. The first-order valence-electron chi connectivity index (χ1n) is 8.51. The number of hydrogen-bond acceptors (Lipinski definition) is 3. The van der Waals surface area contributed by atoms with Gasteiger partial charge in [0.15, 0.2) is 5.76 Å². The third-order valence-electron chi connectivity index (χ3n) is 5.39. The Morgan fingerprint density at radius 1 is 1.08 bits per heavy atom. The maximum atomic E-state index is 13.0. The number of piperidine rings is 1. The van der Waals surface area contributed by atoms with Crippen molar-refractivity contribution in [2.24, 2.45) is 5.41 Å². The van der Waals surface area contributed by atoms with E-state index < -0.39 is 0 Å². The highest BCUT2D eigenvalue weighted by Crippen LogP contribution is 2.37. The number of amides is 1. The molecule has 2 aliphatic heterocycles. The number of furan rings is 1. The van der Waals surface area contributed by atoms with Gasteiger partial charge in [-0.05, 0) is 67.6 Å². The van der Waals surface area contributed by atoms with Crippen molar-refractivity contribution < 1.29 is 13.6 Å². The first kappa shape index (κ1) is 18.0. The summed E-state index contributed by atoms with van der Waals surface area (Å²) in [5.41, 5.74) is 1.16. The van der Waals surface area contributed by atoms with Crippen molar-refractivity contribution in [1.29, 1.82) is 0 Å². The quantitative estimate of drug-likeness (QED) is 0.883. The van der Waals surface area contributed by atoms with Gasteiger partial charge in [0, 0.05) is 25.2 Å². The van der Waals surface area contributed by atoms with Gasteiger partial charge >= 0.3 is 0 Å². The van der Waals surface area contributed by atoms with Crippen molar-refractivity contribution in [2.45, 2.75) is 19.3 Å². The molecule has 0 bridgehead atoms. The van der Waals surface area contributed by atoms with Crippen LogP contribution < -0.4 is 5.32 Å². The van der Waals surface area contributed by atoms with Crippen molar-refractivity contribution in [3.8, 4) is 11.3 Å². The van der Waals surface area contributed by atoms with Crippen LogP contribution in [-0.4, -0.2) is 37.0 Å². The minimum absolute atomic E-state index is 0. The third kappa shape index (κ3) is 3.58. The van der Waals surface area contributed by atoms with Crippen LogP contribution in [0.25, 0.3) is 11.3 Å². The smallest absolute Gasteiger partial charge is 0.289 e. The van der Waals surface area contributed by atoms with Gasteiger partial charge in [-0.1, -0.05) is 0 Å². The van der Waals surface area contributed by atoms with Gasteiger partial charge in [-0.3, -0.25) is 4.79 Å². The van der Waals surface area contributed by atoms with E-state index in [0.717, 1.165) is 44.6 Å². The highest BCUT2D eigenvalue weighted by Gasteiger charge is 2.38. The fourth-order valence-electron chi connectivity index (χ4n) is 3.78. The molecule has 4 nitrogen and oxygen atoms in total. The largest absolute Gasteiger partial charge is 0.451 e. The van der Waals surface area contributed by atoms with Crippen LogP contribution in [0.4, 0.5) is 4.39 Å². The zero-order valence-electron chi connectivity index (χ0n) is 14.0. The lowest BCUT2D eigenvalue weighted by molar-refractivity contribution is 0.0578. The van der Waals surface area contributed by atoms with E-state index in [1.54, 1.807) is 24.3 Å². The molecule has 1 aromatic heterocycles. The Morgan fingerprint density at radius 2 is 1.80 bits per heavy atom. The molecule has 25 heavy (non-hydrogen) atoms. The number of carbonyl (C=O) groups excluding carboxylic acids is 1. The summed E-state index contributed by atoms with van der Waals surface area (Å²) < 4.78 is 18.7. The molecular formula is C19H22ClFN2O2. The van der Waals surface area contributed by atoms with E-state index in [4.69, 9.17) is 4.42 Å². The summed E-state index contributed by atoms with van der Waals surface area (Å²) in [4.78, 5) is 14.5. The van der Waals surface area contributed by atoms with Gasteiger partial charge < -0.3 is 14.6 Å². The summed E-state index contributed by atoms with van der Waals surface area (Å²) >= 11 is 0. The van der Waals surface area contributed by atoms with Crippen LogP contribution >= 0.6 is 12.4 Å². The molecule has 4 rings (SSSR count). The molecule has 2 aromatic rings. The van der Waals surface area contributed by atoms with E-state index >= 15 is 0 Å². The van der Waals surface area contributed by atoms with Crippen LogP contribution in [0, 0.1) is 11.2 Å². The fourth-order valence-corrected chi connectivity index (χ4v) is 3.78. The highest BCUT2D eigenvalue weighted by molar-refractivity contribution is 5.92. The lowest BCUT2D eigenvalue weighted by Gasteiger charge is -2.38. The number of rotatable bonds is 2. The summed E-state index contributed by atoms with van der Waals surface area (Å²) in [6.45, 7) is 3.73. The summed E-state index contributed by atoms with van der Waals surface area (Å²) in [7, 11) is 0. The van der Waals surface area contributed by atoms with Crippen molar-refractivity contribution in [1.82, 2.24) is 10.2 Å². The van der Waals surface area contributed by atoms with Crippen LogP contribution in [0.5, 0.6) is 0 Å². The first-order chi connectivity index (χ1) is 11.7. The van der Waals surface area contributed by atoms with Gasteiger partial charge in [0.1, 0.15) is 11.6 Å². The summed E-state index contributed by atoms with van der Waals surface area (Å²) in [6.07, 6.45) is 3.32. The van der Waals surface area contributed by atoms with Crippen molar-refractivity contribution in [2.75, 3.05) is 26.2 Å². The zero-order chi connectivity index (χ0) is 16.6. The number of likely N-dealkylation sites (tertiary alicyclic amines) is 1. The van der Waals surface area contributed by atoms with Crippen LogP contribution in [0.3, 0.4) is 0 Å². The molecule has 0 unspecified atom stereocenters. The lowest BCUT2D eigenvalue weighted by atomic mass is 9.78. The second-order valence-electron chi connectivity index (χ2n) is 6.89. The van der Waals surface area contributed by atoms with Crippen molar-refractivity contribution in [3.63, 3.8) is 0 Å². The summed E-state index contributed by atoms with van der Waals surface area (Å²) in [5.74, 6) is 0.607. The standard InChI is InChI=1S/C19H21FN2O2.ClH/c20-15-3-1-14(2-4-15)16-5-6-17(24-16)18(23)22-11-8-19(9-12-22)7-10-21-13-19;/h1-6,21H,7-13H2;1H. The number of hydrogen-bond donors (Lipinski definition) is 1. The molecular weight excluding hydrogens is 343 g/mol. The third-order valence-corrected chi connectivity index (χ3v) is 5.39. The second-order valence-corrected chi connectivity index (χ2v) is 6.89. The lowest BCUT2D eigenvalue weighted by Crippen LogP contribution is -2.43. The topological polar surface area (TPSA) is 45.5 Å².